The van der Waals surface area contributed by atoms with E-state index in [4.69, 9.17) is 4.74 Å². The van der Waals surface area contributed by atoms with E-state index in [1.54, 1.807) is 6.20 Å². The largest absolute Gasteiger partial charge is 0.486 e. The Kier molecular flexibility index (Phi) is 3.08. The fourth-order valence-electron chi connectivity index (χ4n) is 2.37. The number of ether oxygens (including phenoxy) is 1. The summed E-state index contributed by atoms with van der Waals surface area (Å²) in [6, 6.07) is 15.7. The fraction of sp³-hybridized carbons (Fsp3) is 0.0588. The van der Waals surface area contributed by atoms with E-state index in [0.29, 0.717) is 6.61 Å². The average molecular weight is 290 g/mol. The monoisotopic (exact) mass is 290 g/mol. The number of imidazole rings is 2. The van der Waals surface area contributed by atoms with Crippen molar-refractivity contribution in [2.24, 2.45) is 0 Å². The SMILES string of the molecule is c1ccc(OCc2nc3cc(-c4ncc[nH]4)ccc3[nH]2)cc1. The van der Waals surface area contributed by atoms with Gasteiger partial charge in [-0.3, -0.25) is 0 Å². The van der Waals surface area contributed by atoms with Gasteiger partial charge >= 0.3 is 0 Å². The molecule has 0 aliphatic heterocycles. The summed E-state index contributed by atoms with van der Waals surface area (Å²) >= 11 is 0. The molecular weight excluding hydrogens is 276 g/mol. The third-order valence-electron chi connectivity index (χ3n) is 3.42. The predicted molar refractivity (Wildman–Crippen MR) is 84.4 cm³/mol. The Morgan fingerprint density at radius 2 is 1.95 bits per heavy atom. The van der Waals surface area contributed by atoms with E-state index in [0.717, 1.165) is 34.0 Å². The molecule has 4 rings (SSSR count). The first-order valence-corrected chi connectivity index (χ1v) is 7.05. The zero-order chi connectivity index (χ0) is 14.8. The van der Waals surface area contributed by atoms with Crippen LogP contribution in [0.5, 0.6) is 5.75 Å². The van der Waals surface area contributed by atoms with Crippen LogP contribution in [0.4, 0.5) is 0 Å². The second-order valence-corrected chi connectivity index (χ2v) is 4.95. The Morgan fingerprint density at radius 1 is 1.05 bits per heavy atom. The van der Waals surface area contributed by atoms with Gasteiger partial charge < -0.3 is 14.7 Å². The van der Waals surface area contributed by atoms with Gasteiger partial charge in [0.25, 0.3) is 0 Å². The van der Waals surface area contributed by atoms with Crippen LogP contribution < -0.4 is 4.74 Å². The van der Waals surface area contributed by atoms with Crippen LogP contribution >= 0.6 is 0 Å². The van der Waals surface area contributed by atoms with Gasteiger partial charge in [0.1, 0.15) is 24.0 Å². The minimum Gasteiger partial charge on any atom is -0.486 e. The third kappa shape index (κ3) is 2.44. The van der Waals surface area contributed by atoms with Crippen LogP contribution in [0.2, 0.25) is 0 Å². The number of benzene rings is 2. The third-order valence-corrected chi connectivity index (χ3v) is 3.42. The minimum absolute atomic E-state index is 0.411. The lowest BCUT2D eigenvalue weighted by molar-refractivity contribution is 0.297. The number of H-pyrrole nitrogens is 2. The van der Waals surface area contributed by atoms with E-state index in [2.05, 4.69) is 19.9 Å². The number of aromatic nitrogens is 4. The average Bonchev–Trinajstić information content (AvgIpc) is 3.22. The molecule has 2 aromatic heterocycles. The first kappa shape index (κ1) is 12.6. The van der Waals surface area contributed by atoms with E-state index in [-0.39, 0.29) is 0 Å². The summed E-state index contributed by atoms with van der Waals surface area (Å²) in [6.07, 6.45) is 3.55. The maximum atomic E-state index is 5.71. The molecular formula is C17H14N4O. The van der Waals surface area contributed by atoms with Crippen LogP contribution in [0.1, 0.15) is 5.82 Å². The lowest BCUT2D eigenvalue weighted by atomic mass is 10.2. The number of para-hydroxylation sites is 1. The molecule has 0 amide bonds. The molecule has 0 aliphatic carbocycles. The fourth-order valence-corrected chi connectivity index (χ4v) is 2.37. The molecule has 0 unspecified atom stereocenters. The van der Waals surface area contributed by atoms with Gasteiger partial charge in [-0.05, 0) is 30.3 Å². The number of fused-ring (bicyclic) bond motifs is 1. The Bertz CT molecular complexity index is 882. The van der Waals surface area contributed by atoms with E-state index in [9.17, 15) is 0 Å². The zero-order valence-corrected chi connectivity index (χ0v) is 11.8. The quantitative estimate of drug-likeness (QED) is 0.604. The summed E-state index contributed by atoms with van der Waals surface area (Å²) in [4.78, 5) is 15.2. The van der Waals surface area contributed by atoms with Crippen molar-refractivity contribution >= 4 is 11.0 Å². The Morgan fingerprint density at radius 3 is 2.77 bits per heavy atom. The molecule has 0 bridgehead atoms. The lowest BCUT2D eigenvalue weighted by Gasteiger charge is -2.02. The number of hydrogen-bond acceptors (Lipinski definition) is 3. The molecule has 4 aromatic rings. The highest BCUT2D eigenvalue weighted by Gasteiger charge is 2.06. The number of hydrogen-bond donors (Lipinski definition) is 2. The number of nitrogens with one attached hydrogen (secondary N) is 2. The first-order valence-electron chi connectivity index (χ1n) is 7.05. The van der Waals surface area contributed by atoms with Gasteiger partial charge in [0, 0.05) is 18.0 Å². The topological polar surface area (TPSA) is 66.6 Å². The molecule has 0 spiro atoms. The zero-order valence-electron chi connectivity index (χ0n) is 11.8. The molecule has 2 heterocycles. The van der Waals surface area contributed by atoms with Crippen molar-refractivity contribution in [3.8, 4) is 17.1 Å². The molecule has 0 atom stereocenters. The predicted octanol–water partition coefficient (Wildman–Crippen LogP) is 3.53. The van der Waals surface area contributed by atoms with E-state index in [1.165, 1.54) is 0 Å². The molecule has 5 nitrogen and oxygen atoms in total. The molecule has 0 aliphatic rings. The maximum absolute atomic E-state index is 5.71. The van der Waals surface area contributed by atoms with Crippen LogP contribution in [-0.2, 0) is 6.61 Å². The smallest absolute Gasteiger partial charge is 0.146 e. The number of aromatic amines is 2. The van der Waals surface area contributed by atoms with Gasteiger partial charge in [-0.25, -0.2) is 9.97 Å². The molecule has 0 fully saturated rings. The van der Waals surface area contributed by atoms with E-state index in [1.807, 2.05) is 54.7 Å². The van der Waals surface area contributed by atoms with Crippen LogP contribution in [0.3, 0.4) is 0 Å². The van der Waals surface area contributed by atoms with E-state index >= 15 is 0 Å². The highest BCUT2D eigenvalue weighted by Crippen LogP contribution is 2.21. The van der Waals surface area contributed by atoms with Gasteiger partial charge in [-0.1, -0.05) is 18.2 Å². The van der Waals surface area contributed by atoms with Gasteiger partial charge in [0.05, 0.1) is 11.0 Å². The molecule has 2 N–H and O–H groups in total. The van der Waals surface area contributed by atoms with Gasteiger partial charge in [-0.2, -0.15) is 0 Å². The number of nitrogens with zero attached hydrogens (tertiary/aromatic N) is 2. The van der Waals surface area contributed by atoms with E-state index < -0.39 is 0 Å². The van der Waals surface area contributed by atoms with Gasteiger partial charge in [0.15, 0.2) is 0 Å². The summed E-state index contributed by atoms with van der Waals surface area (Å²) in [5.41, 5.74) is 2.90. The lowest BCUT2D eigenvalue weighted by Crippen LogP contribution is -1.96. The van der Waals surface area contributed by atoms with Crippen LogP contribution in [0.15, 0.2) is 60.9 Å². The minimum atomic E-state index is 0.411. The van der Waals surface area contributed by atoms with Crippen LogP contribution in [-0.4, -0.2) is 19.9 Å². The van der Waals surface area contributed by atoms with Crippen molar-refractivity contribution in [1.82, 2.24) is 19.9 Å². The summed E-state index contributed by atoms with van der Waals surface area (Å²) in [6.45, 7) is 0.411. The van der Waals surface area contributed by atoms with Crippen molar-refractivity contribution in [2.45, 2.75) is 6.61 Å². The summed E-state index contributed by atoms with van der Waals surface area (Å²) < 4.78 is 5.71. The summed E-state index contributed by atoms with van der Waals surface area (Å²) in [5, 5.41) is 0. The standard InChI is InChI=1S/C17H14N4O/c1-2-4-13(5-3-1)22-11-16-20-14-7-6-12(10-15(14)21-16)17-18-8-9-19-17/h1-10H,11H2,(H,18,19)(H,20,21). The van der Waals surface area contributed by atoms with Crippen molar-refractivity contribution in [2.75, 3.05) is 0 Å². The van der Waals surface area contributed by atoms with Gasteiger partial charge in [0.2, 0.25) is 0 Å². The maximum Gasteiger partial charge on any atom is 0.146 e. The van der Waals surface area contributed by atoms with Crippen LogP contribution in [0.25, 0.3) is 22.4 Å². The molecule has 0 radical (unpaired) electrons. The second kappa shape index (κ2) is 5.37. The molecule has 2 aromatic carbocycles. The molecule has 0 saturated heterocycles. The number of rotatable bonds is 4. The van der Waals surface area contributed by atoms with Gasteiger partial charge in [-0.15, -0.1) is 0 Å². The highest BCUT2D eigenvalue weighted by atomic mass is 16.5. The Hall–Kier alpha value is -3.08. The van der Waals surface area contributed by atoms with Crippen molar-refractivity contribution in [1.29, 1.82) is 0 Å². The Balaban J connectivity index is 1.58. The first-order chi connectivity index (χ1) is 10.9. The van der Waals surface area contributed by atoms with Crippen molar-refractivity contribution in [3.63, 3.8) is 0 Å². The Labute approximate surface area is 127 Å². The molecule has 22 heavy (non-hydrogen) atoms. The molecule has 5 heteroatoms. The van der Waals surface area contributed by atoms with Crippen molar-refractivity contribution < 1.29 is 4.74 Å². The second-order valence-electron chi connectivity index (χ2n) is 4.95. The molecule has 0 saturated carbocycles. The summed E-state index contributed by atoms with van der Waals surface area (Å²) in [5.74, 6) is 2.47. The normalized spacial score (nSPS) is 10.9. The van der Waals surface area contributed by atoms with Crippen molar-refractivity contribution in [3.05, 3.63) is 66.7 Å². The molecule has 108 valence electrons. The summed E-state index contributed by atoms with van der Waals surface area (Å²) in [7, 11) is 0. The van der Waals surface area contributed by atoms with Crippen LogP contribution in [0, 0.1) is 0 Å². The highest BCUT2D eigenvalue weighted by molar-refractivity contribution is 5.80.